The van der Waals surface area contributed by atoms with Gasteiger partial charge in [0.25, 0.3) is 5.91 Å². The van der Waals surface area contributed by atoms with Gasteiger partial charge in [0, 0.05) is 13.2 Å². The van der Waals surface area contributed by atoms with E-state index in [0.717, 1.165) is 30.6 Å². The molecule has 2 aromatic heterocycles. The molecule has 1 unspecified atom stereocenters. The molecule has 3 N–H and O–H groups in total. The number of aromatic nitrogens is 3. The monoisotopic (exact) mass is 428 g/mol. The van der Waals surface area contributed by atoms with Gasteiger partial charge in [0.2, 0.25) is 0 Å². The molecule has 1 saturated heterocycles. The molecule has 0 bridgehead atoms. The minimum Gasteiger partial charge on any atom is -0.383 e. The second-order valence-electron chi connectivity index (χ2n) is 7.90. The fraction of sp³-hybridized carbons (Fsp3) is 0.250. The van der Waals surface area contributed by atoms with Gasteiger partial charge in [-0.15, -0.1) is 0 Å². The molecule has 0 saturated carbocycles. The van der Waals surface area contributed by atoms with Crippen molar-refractivity contribution in [3.8, 4) is 0 Å². The van der Waals surface area contributed by atoms with Gasteiger partial charge >= 0.3 is 0 Å². The number of anilines is 1. The maximum Gasteiger partial charge on any atom is 0.257 e. The average Bonchev–Trinajstić information content (AvgIpc) is 3.41. The highest BCUT2D eigenvalue weighted by Crippen LogP contribution is 2.28. The highest BCUT2D eigenvalue weighted by atomic mass is 16.5. The average molecular weight is 428 g/mol. The number of ether oxygens (including phenoxy) is 1. The van der Waals surface area contributed by atoms with E-state index in [1.807, 2.05) is 55.5 Å². The summed E-state index contributed by atoms with van der Waals surface area (Å²) in [6.45, 7) is 3.17. The van der Waals surface area contributed by atoms with Gasteiger partial charge < -0.3 is 15.8 Å². The number of aryl methyl sites for hydroxylation is 1. The standard InChI is InChI=1S/C24H24N6O2/c1-15-7-2-3-8-16(15)13-27-30-22(25)20(24(31)26-14-17-9-6-12-32-17)21-23(30)29-19-11-5-4-10-18(19)28-21/h2-5,7-8,10-11,13,17H,6,9,12,14,25H2,1H3,(H,26,31)/b27-13+. The van der Waals surface area contributed by atoms with Crippen LogP contribution in [0.25, 0.3) is 22.2 Å². The number of hydrogen-bond acceptors (Lipinski definition) is 6. The quantitative estimate of drug-likeness (QED) is 0.475. The third kappa shape index (κ3) is 3.69. The lowest BCUT2D eigenvalue weighted by atomic mass is 10.1. The number of hydrogen-bond donors (Lipinski definition) is 2. The van der Waals surface area contributed by atoms with Crippen molar-refractivity contribution in [1.82, 2.24) is 20.0 Å². The normalized spacial score (nSPS) is 16.3. The van der Waals surface area contributed by atoms with E-state index in [2.05, 4.69) is 10.4 Å². The van der Waals surface area contributed by atoms with Crippen molar-refractivity contribution >= 4 is 40.1 Å². The first-order chi connectivity index (χ1) is 15.6. The van der Waals surface area contributed by atoms with E-state index in [-0.39, 0.29) is 23.4 Å². The summed E-state index contributed by atoms with van der Waals surface area (Å²) in [5.74, 6) is -0.109. The van der Waals surface area contributed by atoms with Crippen molar-refractivity contribution in [3.63, 3.8) is 0 Å². The maximum absolute atomic E-state index is 13.1. The minimum atomic E-state index is -0.308. The lowest BCUT2D eigenvalue weighted by Gasteiger charge is -2.10. The van der Waals surface area contributed by atoms with E-state index in [0.29, 0.717) is 28.7 Å². The van der Waals surface area contributed by atoms with E-state index in [1.165, 1.54) is 4.68 Å². The number of nitrogens with one attached hydrogen (secondary N) is 1. The van der Waals surface area contributed by atoms with Crippen LogP contribution in [0.2, 0.25) is 0 Å². The molecule has 0 spiro atoms. The highest BCUT2D eigenvalue weighted by Gasteiger charge is 2.25. The number of para-hydroxylation sites is 2. The molecule has 32 heavy (non-hydrogen) atoms. The topological polar surface area (TPSA) is 107 Å². The Kier molecular flexibility index (Phi) is 5.28. The number of nitrogens with two attached hydrogens (primary N) is 1. The summed E-state index contributed by atoms with van der Waals surface area (Å²) in [4.78, 5) is 22.6. The van der Waals surface area contributed by atoms with E-state index >= 15 is 0 Å². The summed E-state index contributed by atoms with van der Waals surface area (Å²) >= 11 is 0. The largest absolute Gasteiger partial charge is 0.383 e. The Morgan fingerprint density at radius 2 is 1.97 bits per heavy atom. The molecule has 1 aliphatic rings. The first-order valence-electron chi connectivity index (χ1n) is 10.7. The summed E-state index contributed by atoms with van der Waals surface area (Å²) < 4.78 is 7.10. The Balaban J connectivity index is 1.60. The Morgan fingerprint density at radius 1 is 1.22 bits per heavy atom. The zero-order chi connectivity index (χ0) is 22.1. The zero-order valence-electron chi connectivity index (χ0n) is 17.8. The lowest BCUT2D eigenvalue weighted by Crippen LogP contribution is -2.32. The van der Waals surface area contributed by atoms with E-state index < -0.39 is 0 Å². The predicted molar refractivity (Wildman–Crippen MR) is 125 cm³/mol. The van der Waals surface area contributed by atoms with Crippen LogP contribution in [0.3, 0.4) is 0 Å². The predicted octanol–water partition coefficient (Wildman–Crippen LogP) is 3.27. The molecular formula is C24H24N6O2. The van der Waals surface area contributed by atoms with Crippen molar-refractivity contribution < 1.29 is 9.53 Å². The summed E-state index contributed by atoms with van der Waals surface area (Å²) in [5, 5.41) is 7.51. The fourth-order valence-electron chi connectivity index (χ4n) is 3.94. The minimum absolute atomic E-state index is 0.0273. The number of nitrogens with zero attached hydrogens (tertiary/aromatic N) is 4. The Hall–Kier alpha value is -3.78. The lowest BCUT2D eigenvalue weighted by molar-refractivity contribution is 0.0859. The molecule has 8 heteroatoms. The van der Waals surface area contributed by atoms with Gasteiger partial charge in [-0.3, -0.25) is 4.79 Å². The molecule has 4 aromatic rings. The molecule has 0 aliphatic carbocycles. The van der Waals surface area contributed by atoms with Crippen molar-refractivity contribution in [1.29, 1.82) is 0 Å². The van der Waals surface area contributed by atoms with Gasteiger partial charge in [0.05, 0.1) is 23.4 Å². The smallest absolute Gasteiger partial charge is 0.257 e. The highest BCUT2D eigenvalue weighted by molar-refractivity contribution is 6.10. The van der Waals surface area contributed by atoms with Gasteiger partial charge in [-0.2, -0.15) is 9.78 Å². The number of rotatable bonds is 5. The van der Waals surface area contributed by atoms with Gasteiger partial charge in [-0.25, -0.2) is 9.97 Å². The third-order valence-corrected chi connectivity index (χ3v) is 5.72. The van der Waals surface area contributed by atoms with Crippen LogP contribution in [0.15, 0.2) is 53.6 Å². The van der Waals surface area contributed by atoms with Gasteiger partial charge in [-0.05, 0) is 43.0 Å². The Labute approximate surface area is 185 Å². The molecule has 1 aliphatic heterocycles. The number of carbonyl (C=O) groups excluding carboxylic acids is 1. The zero-order valence-corrected chi connectivity index (χ0v) is 17.8. The van der Waals surface area contributed by atoms with Crippen LogP contribution in [0, 0.1) is 6.92 Å². The number of benzene rings is 2. The second kappa shape index (κ2) is 8.39. The van der Waals surface area contributed by atoms with Crippen LogP contribution >= 0.6 is 0 Å². The summed E-state index contributed by atoms with van der Waals surface area (Å²) in [5.41, 5.74) is 11.0. The van der Waals surface area contributed by atoms with Crippen LogP contribution in [0.5, 0.6) is 0 Å². The van der Waals surface area contributed by atoms with Crippen LogP contribution in [-0.2, 0) is 4.74 Å². The van der Waals surface area contributed by atoms with E-state index in [4.69, 9.17) is 20.4 Å². The summed E-state index contributed by atoms with van der Waals surface area (Å²) in [7, 11) is 0. The maximum atomic E-state index is 13.1. The van der Waals surface area contributed by atoms with Crippen LogP contribution in [-0.4, -0.2) is 46.0 Å². The van der Waals surface area contributed by atoms with E-state index in [1.54, 1.807) is 6.21 Å². The second-order valence-corrected chi connectivity index (χ2v) is 7.90. The molecule has 1 atom stereocenters. The van der Waals surface area contributed by atoms with Crippen molar-refractivity contribution in [3.05, 3.63) is 65.2 Å². The van der Waals surface area contributed by atoms with Gasteiger partial charge in [0.1, 0.15) is 16.9 Å². The number of carbonyl (C=O) groups is 1. The third-order valence-electron chi connectivity index (χ3n) is 5.72. The van der Waals surface area contributed by atoms with Crippen molar-refractivity contribution in [2.45, 2.75) is 25.9 Å². The summed E-state index contributed by atoms with van der Waals surface area (Å²) in [6, 6.07) is 15.4. The molecule has 162 valence electrons. The van der Waals surface area contributed by atoms with E-state index in [9.17, 15) is 4.79 Å². The molecular weight excluding hydrogens is 404 g/mol. The molecule has 8 nitrogen and oxygen atoms in total. The Bertz CT molecular complexity index is 1340. The van der Waals surface area contributed by atoms with Crippen molar-refractivity contribution in [2.24, 2.45) is 5.10 Å². The molecule has 5 rings (SSSR count). The van der Waals surface area contributed by atoms with Crippen LogP contribution in [0.4, 0.5) is 5.82 Å². The molecule has 3 heterocycles. The molecule has 1 amide bonds. The number of fused-ring (bicyclic) bond motifs is 2. The Morgan fingerprint density at radius 3 is 2.72 bits per heavy atom. The number of nitrogen functional groups attached to an aromatic ring is 1. The number of amides is 1. The fourth-order valence-corrected chi connectivity index (χ4v) is 3.94. The first-order valence-corrected chi connectivity index (χ1v) is 10.7. The first kappa shape index (κ1) is 20.1. The van der Waals surface area contributed by atoms with Crippen LogP contribution in [0.1, 0.15) is 34.3 Å². The van der Waals surface area contributed by atoms with Crippen molar-refractivity contribution in [2.75, 3.05) is 18.9 Å². The SMILES string of the molecule is Cc1ccccc1/C=N/n1c(N)c(C(=O)NCC2CCCO2)c2nc3ccccc3nc21. The molecule has 0 radical (unpaired) electrons. The van der Waals surface area contributed by atoms with Gasteiger partial charge in [-0.1, -0.05) is 36.4 Å². The van der Waals surface area contributed by atoms with Crippen LogP contribution < -0.4 is 11.1 Å². The molecule has 1 fully saturated rings. The summed E-state index contributed by atoms with van der Waals surface area (Å²) in [6.07, 6.45) is 3.69. The molecule has 2 aromatic carbocycles. The van der Waals surface area contributed by atoms with Gasteiger partial charge in [0.15, 0.2) is 5.65 Å².